The first-order chi connectivity index (χ1) is 8.91. The fourth-order valence-electron chi connectivity index (χ4n) is 1.78. The number of nitrogens with two attached hydrogens (primary N) is 1. The summed E-state index contributed by atoms with van der Waals surface area (Å²) >= 11 is 6.03. The van der Waals surface area contributed by atoms with Crippen LogP contribution in [0.2, 0.25) is 5.02 Å². The van der Waals surface area contributed by atoms with E-state index in [0.29, 0.717) is 10.6 Å². The maximum absolute atomic E-state index is 14.0. The first-order valence-electron chi connectivity index (χ1n) is 5.36. The Morgan fingerprint density at radius 1 is 1.47 bits per heavy atom. The number of anilines is 1. The molecule has 6 heteroatoms. The fraction of sp³-hybridized carbons (Fsp3) is 0.0769. The molecule has 0 saturated heterocycles. The van der Waals surface area contributed by atoms with Crippen LogP contribution in [0, 0.1) is 12.7 Å². The van der Waals surface area contributed by atoms with Crippen LogP contribution in [0.15, 0.2) is 24.3 Å². The zero-order chi connectivity index (χ0) is 14.2. The van der Waals surface area contributed by atoms with Gasteiger partial charge in [0.15, 0.2) is 5.82 Å². The normalized spacial score (nSPS) is 10.5. The van der Waals surface area contributed by atoms with Crippen molar-refractivity contribution in [3.63, 3.8) is 0 Å². The number of carboxylic acids is 1. The van der Waals surface area contributed by atoms with Gasteiger partial charge >= 0.3 is 5.97 Å². The van der Waals surface area contributed by atoms with E-state index in [2.05, 4.69) is 4.98 Å². The lowest BCUT2D eigenvalue weighted by Crippen LogP contribution is -2.07. The number of carboxylic acid groups (broad SMARTS) is 1. The molecule has 3 N–H and O–H groups in total. The number of hydrogen-bond acceptors (Lipinski definition) is 3. The molecule has 1 aromatic heterocycles. The highest BCUT2D eigenvalue weighted by molar-refractivity contribution is 6.33. The summed E-state index contributed by atoms with van der Waals surface area (Å²) in [4.78, 5) is 14.7. The van der Waals surface area contributed by atoms with Crippen molar-refractivity contribution in [2.45, 2.75) is 6.92 Å². The Morgan fingerprint density at radius 2 is 2.16 bits per heavy atom. The van der Waals surface area contributed by atoms with Gasteiger partial charge in [0.25, 0.3) is 0 Å². The Bertz CT molecular complexity index is 654. The van der Waals surface area contributed by atoms with Crippen LogP contribution in [0.25, 0.3) is 11.3 Å². The smallest absolute Gasteiger partial charge is 0.339 e. The van der Waals surface area contributed by atoms with Crippen LogP contribution in [-0.4, -0.2) is 16.1 Å². The van der Waals surface area contributed by atoms with Gasteiger partial charge < -0.3 is 10.8 Å². The van der Waals surface area contributed by atoms with E-state index < -0.39 is 11.8 Å². The van der Waals surface area contributed by atoms with E-state index in [1.54, 1.807) is 25.1 Å². The molecular weight excluding hydrogens is 271 g/mol. The summed E-state index contributed by atoms with van der Waals surface area (Å²) in [6, 6.07) is 5.94. The zero-order valence-electron chi connectivity index (χ0n) is 9.95. The van der Waals surface area contributed by atoms with Crippen LogP contribution < -0.4 is 5.73 Å². The summed E-state index contributed by atoms with van der Waals surface area (Å²) in [5.41, 5.74) is 6.24. The number of aromatic carboxylic acids is 1. The predicted octanol–water partition coefficient (Wildman–Crippen LogP) is 3.13. The molecule has 0 aliphatic rings. The van der Waals surface area contributed by atoms with Crippen LogP contribution in [-0.2, 0) is 0 Å². The molecule has 0 radical (unpaired) electrons. The number of aromatic nitrogens is 1. The average Bonchev–Trinajstić information content (AvgIpc) is 2.32. The third-order valence-corrected chi connectivity index (χ3v) is 3.01. The fourth-order valence-corrected chi connectivity index (χ4v) is 2.09. The lowest BCUT2D eigenvalue weighted by Gasteiger charge is -2.10. The number of hydrogen-bond donors (Lipinski definition) is 2. The second kappa shape index (κ2) is 4.85. The van der Waals surface area contributed by atoms with Gasteiger partial charge in [-0.25, -0.2) is 14.2 Å². The van der Waals surface area contributed by atoms with E-state index in [0.717, 1.165) is 11.6 Å². The number of nitrogen functional groups attached to an aromatic ring is 1. The van der Waals surface area contributed by atoms with Gasteiger partial charge in [-0.3, -0.25) is 0 Å². The van der Waals surface area contributed by atoms with Gasteiger partial charge in [-0.1, -0.05) is 23.7 Å². The monoisotopic (exact) mass is 280 g/mol. The summed E-state index contributed by atoms with van der Waals surface area (Å²) in [5, 5.41) is 9.18. The number of pyridine rings is 1. The van der Waals surface area contributed by atoms with Crippen molar-refractivity contribution in [2.75, 3.05) is 5.73 Å². The Labute approximate surface area is 113 Å². The molecule has 0 unspecified atom stereocenters. The van der Waals surface area contributed by atoms with Crippen LogP contribution in [0.3, 0.4) is 0 Å². The van der Waals surface area contributed by atoms with Crippen molar-refractivity contribution < 1.29 is 14.3 Å². The molecule has 0 saturated carbocycles. The Morgan fingerprint density at radius 3 is 2.74 bits per heavy atom. The number of halogens is 2. The van der Waals surface area contributed by atoms with Crippen molar-refractivity contribution in [3.05, 3.63) is 46.2 Å². The highest BCUT2D eigenvalue weighted by Gasteiger charge is 2.18. The average molecular weight is 281 g/mol. The Balaban J connectivity index is 2.71. The molecular formula is C13H10ClFN2O2. The van der Waals surface area contributed by atoms with Crippen LogP contribution in [0.1, 0.15) is 15.9 Å². The number of carbonyl (C=O) groups is 1. The minimum Gasteiger partial charge on any atom is -0.478 e. The third kappa shape index (κ3) is 2.37. The summed E-state index contributed by atoms with van der Waals surface area (Å²) in [6.45, 7) is 1.75. The largest absolute Gasteiger partial charge is 0.478 e. The Kier molecular flexibility index (Phi) is 3.40. The number of benzene rings is 1. The SMILES string of the molecule is Cc1cccc(Cl)c1-c1nc(N)c(C(=O)O)cc1F. The zero-order valence-corrected chi connectivity index (χ0v) is 10.7. The number of aryl methyl sites for hydroxylation is 1. The number of rotatable bonds is 2. The molecule has 0 amide bonds. The molecule has 0 aliphatic heterocycles. The van der Waals surface area contributed by atoms with E-state index in [9.17, 15) is 9.18 Å². The predicted molar refractivity (Wildman–Crippen MR) is 70.7 cm³/mol. The summed E-state index contributed by atoms with van der Waals surface area (Å²) < 4.78 is 14.0. The summed E-state index contributed by atoms with van der Waals surface area (Å²) in [7, 11) is 0. The van der Waals surface area contributed by atoms with Crippen LogP contribution >= 0.6 is 11.6 Å². The van der Waals surface area contributed by atoms with Crippen LogP contribution in [0.5, 0.6) is 0 Å². The molecule has 0 spiro atoms. The van der Waals surface area contributed by atoms with Crippen molar-refractivity contribution in [2.24, 2.45) is 0 Å². The Hall–Kier alpha value is -2.14. The van der Waals surface area contributed by atoms with Gasteiger partial charge in [-0.15, -0.1) is 0 Å². The van der Waals surface area contributed by atoms with Crippen molar-refractivity contribution in [1.82, 2.24) is 4.98 Å². The third-order valence-electron chi connectivity index (χ3n) is 2.69. The molecule has 19 heavy (non-hydrogen) atoms. The van der Waals surface area contributed by atoms with Gasteiger partial charge in [0, 0.05) is 5.56 Å². The van der Waals surface area contributed by atoms with E-state index in [-0.39, 0.29) is 17.1 Å². The summed E-state index contributed by atoms with van der Waals surface area (Å²) in [5.74, 6) is -2.35. The van der Waals surface area contributed by atoms with Crippen molar-refractivity contribution >= 4 is 23.4 Å². The standard InChI is InChI=1S/C13H10ClFN2O2/c1-6-3-2-4-8(14)10(6)11-9(15)5-7(13(18)19)12(16)17-11/h2-5H,1H3,(H2,16,17)(H,18,19). The molecule has 98 valence electrons. The quantitative estimate of drug-likeness (QED) is 0.886. The van der Waals surface area contributed by atoms with Crippen LogP contribution in [0.4, 0.5) is 10.2 Å². The molecule has 0 atom stereocenters. The second-order valence-electron chi connectivity index (χ2n) is 3.99. The van der Waals surface area contributed by atoms with E-state index in [1.807, 2.05) is 0 Å². The molecule has 2 aromatic rings. The molecule has 0 bridgehead atoms. The summed E-state index contributed by atoms with van der Waals surface area (Å²) in [6.07, 6.45) is 0. The van der Waals surface area contributed by atoms with Crippen molar-refractivity contribution in [3.8, 4) is 11.3 Å². The second-order valence-corrected chi connectivity index (χ2v) is 4.40. The maximum Gasteiger partial charge on any atom is 0.339 e. The topological polar surface area (TPSA) is 76.2 Å². The van der Waals surface area contributed by atoms with Gasteiger partial charge in [0.1, 0.15) is 17.1 Å². The minimum absolute atomic E-state index is 0.0504. The molecule has 2 rings (SSSR count). The first kappa shape index (κ1) is 13.3. The molecule has 0 aliphatic carbocycles. The maximum atomic E-state index is 14.0. The van der Waals surface area contributed by atoms with E-state index in [1.165, 1.54) is 0 Å². The minimum atomic E-state index is -1.33. The number of nitrogens with zero attached hydrogens (tertiary/aromatic N) is 1. The lowest BCUT2D eigenvalue weighted by molar-refractivity contribution is 0.0697. The molecule has 4 nitrogen and oxygen atoms in total. The van der Waals surface area contributed by atoms with Gasteiger partial charge in [0.2, 0.25) is 0 Å². The van der Waals surface area contributed by atoms with Gasteiger partial charge in [0.05, 0.1) is 5.02 Å². The first-order valence-corrected chi connectivity index (χ1v) is 5.74. The molecule has 1 aromatic carbocycles. The molecule has 1 heterocycles. The highest BCUT2D eigenvalue weighted by Crippen LogP contribution is 2.32. The highest BCUT2D eigenvalue weighted by atomic mass is 35.5. The molecule has 0 fully saturated rings. The van der Waals surface area contributed by atoms with E-state index >= 15 is 0 Å². The lowest BCUT2D eigenvalue weighted by atomic mass is 10.0. The van der Waals surface area contributed by atoms with Gasteiger partial charge in [-0.05, 0) is 24.6 Å². The van der Waals surface area contributed by atoms with Crippen molar-refractivity contribution in [1.29, 1.82) is 0 Å². The van der Waals surface area contributed by atoms with E-state index in [4.69, 9.17) is 22.4 Å². The van der Waals surface area contributed by atoms with Gasteiger partial charge in [-0.2, -0.15) is 0 Å².